The van der Waals surface area contributed by atoms with Crippen LogP contribution >= 0.6 is 0 Å². The van der Waals surface area contributed by atoms with E-state index in [9.17, 15) is 4.39 Å². The Balaban J connectivity index is 3.10. The number of rotatable bonds is 2. The van der Waals surface area contributed by atoms with Gasteiger partial charge in [-0.2, -0.15) is 0 Å². The number of hydrogen-bond acceptors (Lipinski definition) is 2. The molecule has 13 heavy (non-hydrogen) atoms. The summed E-state index contributed by atoms with van der Waals surface area (Å²) in [4.78, 5) is 4.80. The van der Waals surface area contributed by atoms with Gasteiger partial charge in [0, 0.05) is 0 Å². The molecule has 1 aromatic rings. The monoisotopic (exact) mass is 183 g/mol. The maximum Gasteiger partial charge on any atom is 0.126 e. The summed E-state index contributed by atoms with van der Waals surface area (Å²) >= 11 is 0. The van der Waals surface area contributed by atoms with E-state index in [4.69, 9.17) is 10.7 Å². The van der Waals surface area contributed by atoms with Gasteiger partial charge in [0.05, 0.1) is 0 Å². The average molecular weight is 183 g/mol. The number of nitrogens with two attached hydrogens (primary N) is 1. The van der Waals surface area contributed by atoms with Crippen LogP contribution in [0.25, 0.3) is 0 Å². The fraction of sp³-hybridized carbons (Fsp3) is 0.400. The minimum Gasteiger partial charge on any atom is -0.294 e. The Bertz CT molecular complexity index is 310. The van der Waals surface area contributed by atoms with Crippen molar-refractivity contribution in [1.82, 2.24) is 0 Å². The van der Waals surface area contributed by atoms with Gasteiger partial charge in [0.1, 0.15) is 11.4 Å². The zero-order chi connectivity index (χ0) is 10.1. The van der Waals surface area contributed by atoms with Gasteiger partial charge in [0.15, 0.2) is 0 Å². The van der Waals surface area contributed by atoms with Gasteiger partial charge in [-0.25, -0.2) is 10.3 Å². The van der Waals surface area contributed by atoms with Crippen LogP contribution in [0.1, 0.15) is 25.0 Å². The molecule has 0 bridgehead atoms. The highest BCUT2D eigenvalue weighted by atomic mass is 19.1. The molecule has 0 aromatic heterocycles. The van der Waals surface area contributed by atoms with Crippen LogP contribution in [0.4, 0.5) is 4.39 Å². The number of halogens is 1. The van der Waals surface area contributed by atoms with E-state index in [1.54, 1.807) is 19.1 Å². The highest BCUT2D eigenvalue weighted by molar-refractivity contribution is 5.27. The summed E-state index contributed by atoms with van der Waals surface area (Å²) in [5, 5.41) is 0. The van der Waals surface area contributed by atoms with E-state index in [1.165, 1.54) is 6.07 Å². The van der Waals surface area contributed by atoms with Crippen molar-refractivity contribution < 1.29 is 9.23 Å². The van der Waals surface area contributed by atoms with E-state index < -0.39 is 5.60 Å². The predicted octanol–water partition coefficient (Wildman–Crippen LogP) is 2.26. The molecule has 0 spiro atoms. The minimum absolute atomic E-state index is 0.212. The van der Waals surface area contributed by atoms with E-state index >= 15 is 0 Å². The van der Waals surface area contributed by atoms with E-state index in [-0.39, 0.29) is 5.82 Å². The molecule has 0 heterocycles. The lowest BCUT2D eigenvalue weighted by atomic mass is 9.96. The summed E-state index contributed by atoms with van der Waals surface area (Å²) in [6.45, 7) is 5.38. The van der Waals surface area contributed by atoms with Gasteiger partial charge in [0.25, 0.3) is 0 Å². The fourth-order valence-electron chi connectivity index (χ4n) is 1.09. The Kier molecular flexibility index (Phi) is 2.68. The van der Waals surface area contributed by atoms with E-state index in [2.05, 4.69) is 0 Å². The molecule has 0 aliphatic carbocycles. The third-order valence-electron chi connectivity index (χ3n) is 2.15. The quantitative estimate of drug-likeness (QED) is 0.714. The van der Waals surface area contributed by atoms with E-state index in [0.717, 1.165) is 5.56 Å². The van der Waals surface area contributed by atoms with Gasteiger partial charge < -0.3 is 0 Å². The first-order valence-electron chi connectivity index (χ1n) is 4.12. The van der Waals surface area contributed by atoms with Crippen molar-refractivity contribution in [3.63, 3.8) is 0 Å². The Labute approximate surface area is 77.5 Å². The van der Waals surface area contributed by atoms with Gasteiger partial charge in [0.2, 0.25) is 0 Å². The third-order valence-corrected chi connectivity index (χ3v) is 2.15. The van der Waals surface area contributed by atoms with Gasteiger partial charge in [-0.15, -0.1) is 0 Å². The van der Waals surface area contributed by atoms with Crippen molar-refractivity contribution in [3.8, 4) is 0 Å². The third kappa shape index (κ3) is 2.05. The van der Waals surface area contributed by atoms with Crippen LogP contribution in [0.15, 0.2) is 18.2 Å². The van der Waals surface area contributed by atoms with Crippen LogP contribution < -0.4 is 5.90 Å². The number of benzene rings is 1. The molecule has 0 fully saturated rings. The standard InChI is InChI=1S/C10H14FNO/c1-7-6-8(4-5-9(7)11)10(2,3)13-12/h4-6H,12H2,1-3H3. The molecular weight excluding hydrogens is 169 g/mol. The van der Waals surface area contributed by atoms with Crippen LogP contribution in [-0.4, -0.2) is 0 Å². The van der Waals surface area contributed by atoms with Gasteiger partial charge in [-0.05, 0) is 38.0 Å². The Hall–Kier alpha value is -0.930. The molecule has 0 unspecified atom stereocenters. The number of hydrogen-bond donors (Lipinski definition) is 1. The maximum atomic E-state index is 12.9. The normalized spacial score (nSPS) is 11.8. The SMILES string of the molecule is Cc1cc(C(C)(C)ON)ccc1F. The topological polar surface area (TPSA) is 35.2 Å². The maximum absolute atomic E-state index is 12.9. The van der Waals surface area contributed by atoms with Crippen LogP contribution in [0.3, 0.4) is 0 Å². The molecule has 0 saturated heterocycles. The van der Waals surface area contributed by atoms with Crippen molar-refractivity contribution in [3.05, 3.63) is 35.1 Å². The summed E-state index contributed by atoms with van der Waals surface area (Å²) < 4.78 is 12.9. The largest absolute Gasteiger partial charge is 0.294 e. The molecule has 0 aliphatic rings. The lowest BCUT2D eigenvalue weighted by Gasteiger charge is -2.22. The smallest absolute Gasteiger partial charge is 0.126 e. The Morgan fingerprint density at radius 1 is 1.38 bits per heavy atom. The summed E-state index contributed by atoms with van der Waals surface area (Å²) in [6.07, 6.45) is 0. The first-order valence-corrected chi connectivity index (χ1v) is 4.12. The van der Waals surface area contributed by atoms with Gasteiger partial charge in [-0.3, -0.25) is 4.84 Å². The molecule has 1 aromatic carbocycles. The van der Waals surface area contributed by atoms with Crippen LogP contribution in [-0.2, 0) is 10.4 Å². The van der Waals surface area contributed by atoms with Crippen molar-refractivity contribution in [2.45, 2.75) is 26.4 Å². The van der Waals surface area contributed by atoms with Crippen molar-refractivity contribution in [2.24, 2.45) is 5.90 Å². The average Bonchev–Trinajstić information content (AvgIpc) is 2.09. The molecule has 1 rings (SSSR count). The van der Waals surface area contributed by atoms with E-state index in [0.29, 0.717) is 5.56 Å². The second kappa shape index (κ2) is 3.44. The van der Waals surface area contributed by atoms with Crippen LogP contribution in [0, 0.1) is 12.7 Å². The van der Waals surface area contributed by atoms with Gasteiger partial charge >= 0.3 is 0 Å². The second-order valence-electron chi connectivity index (χ2n) is 3.59. The lowest BCUT2D eigenvalue weighted by molar-refractivity contribution is -0.0237. The van der Waals surface area contributed by atoms with Gasteiger partial charge in [-0.1, -0.05) is 12.1 Å². The van der Waals surface area contributed by atoms with Crippen molar-refractivity contribution in [2.75, 3.05) is 0 Å². The Morgan fingerprint density at radius 2 is 2.00 bits per heavy atom. The van der Waals surface area contributed by atoms with Crippen LogP contribution in [0.5, 0.6) is 0 Å². The van der Waals surface area contributed by atoms with Crippen molar-refractivity contribution in [1.29, 1.82) is 0 Å². The highest BCUT2D eigenvalue weighted by Crippen LogP contribution is 2.24. The zero-order valence-electron chi connectivity index (χ0n) is 8.10. The molecule has 0 saturated carbocycles. The molecule has 72 valence electrons. The second-order valence-corrected chi connectivity index (χ2v) is 3.59. The predicted molar refractivity (Wildman–Crippen MR) is 49.4 cm³/mol. The summed E-state index contributed by atoms with van der Waals surface area (Å²) in [5.74, 6) is 4.92. The molecule has 0 amide bonds. The lowest BCUT2D eigenvalue weighted by Crippen LogP contribution is -2.25. The van der Waals surface area contributed by atoms with Crippen molar-refractivity contribution >= 4 is 0 Å². The summed E-state index contributed by atoms with van der Waals surface area (Å²) in [7, 11) is 0. The highest BCUT2D eigenvalue weighted by Gasteiger charge is 2.20. The number of aryl methyl sites for hydroxylation is 1. The molecule has 3 heteroatoms. The van der Waals surface area contributed by atoms with Crippen LogP contribution in [0.2, 0.25) is 0 Å². The minimum atomic E-state index is -0.571. The molecule has 2 N–H and O–H groups in total. The van der Waals surface area contributed by atoms with E-state index in [1.807, 2.05) is 13.8 Å². The molecule has 0 atom stereocenters. The first kappa shape index (κ1) is 10.2. The molecular formula is C10H14FNO. The molecule has 0 aliphatic heterocycles. The summed E-state index contributed by atoms with van der Waals surface area (Å²) in [6, 6.07) is 4.84. The molecule has 0 radical (unpaired) electrons. The fourth-order valence-corrected chi connectivity index (χ4v) is 1.09. The Morgan fingerprint density at radius 3 is 2.46 bits per heavy atom. The first-order chi connectivity index (χ1) is 5.97. The summed E-state index contributed by atoms with van der Waals surface area (Å²) in [5.41, 5.74) is 0.898. The zero-order valence-corrected chi connectivity index (χ0v) is 8.10. The molecule has 2 nitrogen and oxygen atoms in total.